The minimum absolute atomic E-state index is 0.317. The molecular weight excluding hydrogens is 317 g/mol. The average molecular weight is 331 g/mol. The van der Waals surface area contributed by atoms with Crippen LogP contribution in [0.15, 0.2) is 65.8 Å². The van der Waals surface area contributed by atoms with E-state index in [0.29, 0.717) is 16.9 Å². The first kappa shape index (κ1) is 15.2. The summed E-state index contributed by atoms with van der Waals surface area (Å²) >= 11 is 0. The number of benzene rings is 2. The Kier molecular flexibility index (Phi) is 3.87. The van der Waals surface area contributed by atoms with Crippen molar-refractivity contribution in [3.05, 3.63) is 72.3 Å². The van der Waals surface area contributed by atoms with Crippen LogP contribution in [-0.2, 0) is 10.0 Å². The molecule has 5 nitrogen and oxygen atoms in total. The minimum atomic E-state index is -4.05. The number of sulfonamides is 1. The summed E-state index contributed by atoms with van der Waals surface area (Å²) < 4.78 is 42.9. The quantitative estimate of drug-likeness (QED) is 0.799. The highest BCUT2D eigenvalue weighted by molar-refractivity contribution is 7.92. The first-order chi connectivity index (χ1) is 11.0. The van der Waals surface area contributed by atoms with Crippen LogP contribution < -0.4 is 4.72 Å². The molecule has 0 aliphatic heterocycles. The van der Waals surface area contributed by atoms with Gasteiger partial charge in [0.1, 0.15) is 10.7 Å². The molecule has 2 aromatic carbocycles. The topological polar surface area (TPSA) is 64.0 Å². The van der Waals surface area contributed by atoms with Gasteiger partial charge in [0.25, 0.3) is 10.0 Å². The molecule has 0 saturated carbocycles. The highest BCUT2D eigenvalue weighted by Crippen LogP contribution is 2.24. The van der Waals surface area contributed by atoms with Crippen molar-refractivity contribution >= 4 is 15.7 Å². The van der Waals surface area contributed by atoms with Gasteiger partial charge in [0.15, 0.2) is 0 Å². The van der Waals surface area contributed by atoms with Crippen LogP contribution >= 0.6 is 0 Å². The van der Waals surface area contributed by atoms with E-state index in [2.05, 4.69) is 9.82 Å². The number of hydrogen-bond acceptors (Lipinski definition) is 3. The third kappa shape index (κ3) is 3.09. The van der Waals surface area contributed by atoms with Crippen molar-refractivity contribution in [2.75, 3.05) is 4.72 Å². The molecule has 3 rings (SSSR count). The molecule has 1 aromatic heterocycles. The van der Waals surface area contributed by atoms with E-state index in [9.17, 15) is 12.8 Å². The van der Waals surface area contributed by atoms with E-state index >= 15 is 0 Å². The Morgan fingerprint density at radius 2 is 1.91 bits per heavy atom. The summed E-state index contributed by atoms with van der Waals surface area (Å²) in [7, 11) is -4.05. The van der Waals surface area contributed by atoms with Gasteiger partial charge in [-0.15, -0.1) is 0 Å². The molecule has 0 aliphatic rings. The van der Waals surface area contributed by atoms with Crippen LogP contribution in [0.2, 0.25) is 0 Å². The molecule has 0 amide bonds. The lowest BCUT2D eigenvalue weighted by Gasteiger charge is -2.13. The number of halogens is 1. The third-order valence-electron chi connectivity index (χ3n) is 3.28. The standard InChI is InChI=1S/C16H14FN3O2S/c1-12-7-8-13(17)16(11-12)23(21,22)19-14-5-2-3-6-15(14)20-10-4-9-18-20/h2-11,19H,1H3. The highest BCUT2D eigenvalue weighted by Gasteiger charge is 2.20. The molecule has 1 heterocycles. The smallest absolute Gasteiger partial charge is 0.264 e. The van der Waals surface area contributed by atoms with Crippen LogP contribution in [0.4, 0.5) is 10.1 Å². The summed E-state index contributed by atoms with van der Waals surface area (Å²) in [4.78, 5) is -0.382. The number of rotatable bonds is 4. The maximum Gasteiger partial charge on any atom is 0.264 e. The normalized spacial score (nSPS) is 11.4. The number of nitrogens with one attached hydrogen (secondary N) is 1. The number of hydrogen-bond donors (Lipinski definition) is 1. The van der Waals surface area contributed by atoms with Gasteiger partial charge < -0.3 is 0 Å². The van der Waals surface area contributed by atoms with E-state index in [0.717, 1.165) is 6.07 Å². The Labute approximate surface area is 133 Å². The van der Waals surface area contributed by atoms with Gasteiger partial charge >= 0.3 is 0 Å². The average Bonchev–Trinajstić information content (AvgIpc) is 3.04. The lowest BCUT2D eigenvalue weighted by molar-refractivity contribution is 0.570. The van der Waals surface area contributed by atoms with Crippen molar-refractivity contribution in [1.82, 2.24) is 9.78 Å². The van der Waals surface area contributed by atoms with Crippen LogP contribution in [0.1, 0.15) is 5.56 Å². The zero-order chi connectivity index (χ0) is 16.4. The van der Waals surface area contributed by atoms with Crippen molar-refractivity contribution in [1.29, 1.82) is 0 Å². The summed E-state index contributed by atoms with van der Waals surface area (Å²) in [6, 6.07) is 12.5. The summed E-state index contributed by atoms with van der Waals surface area (Å²) in [6.45, 7) is 1.70. The predicted molar refractivity (Wildman–Crippen MR) is 85.5 cm³/mol. The minimum Gasteiger partial charge on any atom is -0.277 e. The van der Waals surface area contributed by atoms with Crippen molar-refractivity contribution in [3.8, 4) is 5.69 Å². The lowest BCUT2D eigenvalue weighted by atomic mass is 10.2. The maximum absolute atomic E-state index is 13.9. The van der Waals surface area contributed by atoms with Crippen molar-refractivity contribution in [2.24, 2.45) is 0 Å². The molecule has 0 radical (unpaired) electrons. The predicted octanol–water partition coefficient (Wildman–Crippen LogP) is 3.12. The number of nitrogens with zero attached hydrogens (tertiary/aromatic N) is 2. The van der Waals surface area contributed by atoms with E-state index in [1.54, 1.807) is 49.6 Å². The van der Waals surface area contributed by atoms with E-state index in [1.165, 1.54) is 16.8 Å². The van der Waals surface area contributed by atoms with Gasteiger partial charge in [-0.3, -0.25) is 4.72 Å². The molecule has 0 unspecified atom stereocenters. The second-order valence-electron chi connectivity index (χ2n) is 5.01. The molecule has 0 saturated heterocycles. The molecule has 0 aliphatic carbocycles. The van der Waals surface area contributed by atoms with Gasteiger partial charge in [0, 0.05) is 12.4 Å². The van der Waals surface area contributed by atoms with Gasteiger partial charge in [-0.2, -0.15) is 5.10 Å². The Bertz CT molecular complexity index is 938. The van der Waals surface area contributed by atoms with Crippen molar-refractivity contribution in [3.63, 3.8) is 0 Å². The Morgan fingerprint density at radius 3 is 2.65 bits per heavy atom. The molecule has 0 bridgehead atoms. The Hall–Kier alpha value is -2.67. The van der Waals surface area contributed by atoms with Gasteiger partial charge in [0.05, 0.1) is 11.4 Å². The van der Waals surface area contributed by atoms with Crippen molar-refractivity contribution < 1.29 is 12.8 Å². The van der Waals surface area contributed by atoms with Crippen molar-refractivity contribution in [2.45, 2.75) is 11.8 Å². The number of aromatic nitrogens is 2. The van der Waals surface area contributed by atoms with Gasteiger partial charge in [0.2, 0.25) is 0 Å². The van der Waals surface area contributed by atoms with Crippen LogP contribution in [0.25, 0.3) is 5.69 Å². The molecule has 0 fully saturated rings. The first-order valence-corrected chi connectivity index (χ1v) is 8.34. The molecule has 118 valence electrons. The summed E-state index contributed by atoms with van der Waals surface area (Å²) in [6.07, 6.45) is 3.28. The monoisotopic (exact) mass is 331 g/mol. The Morgan fingerprint density at radius 1 is 1.13 bits per heavy atom. The Balaban J connectivity index is 2.04. The lowest BCUT2D eigenvalue weighted by Crippen LogP contribution is -2.16. The van der Waals surface area contributed by atoms with Gasteiger partial charge in [-0.05, 0) is 42.8 Å². The van der Waals surface area contributed by atoms with E-state index in [4.69, 9.17) is 0 Å². The molecule has 23 heavy (non-hydrogen) atoms. The maximum atomic E-state index is 13.9. The van der Waals surface area contributed by atoms with E-state index in [1.807, 2.05) is 0 Å². The molecule has 0 atom stereocenters. The first-order valence-electron chi connectivity index (χ1n) is 6.85. The van der Waals surface area contributed by atoms with Crippen LogP contribution in [0.5, 0.6) is 0 Å². The van der Waals surface area contributed by atoms with Crippen LogP contribution in [0.3, 0.4) is 0 Å². The fraction of sp³-hybridized carbons (Fsp3) is 0.0625. The number of anilines is 1. The third-order valence-corrected chi connectivity index (χ3v) is 4.66. The number of aryl methyl sites for hydroxylation is 1. The van der Waals surface area contributed by atoms with E-state index < -0.39 is 15.8 Å². The molecular formula is C16H14FN3O2S. The van der Waals surface area contributed by atoms with Gasteiger partial charge in [-0.1, -0.05) is 18.2 Å². The van der Waals surface area contributed by atoms with Crippen LogP contribution in [-0.4, -0.2) is 18.2 Å². The molecule has 7 heteroatoms. The second-order valence-corrected chi connectivity index (χ2v) is 6.66. The second kappa shape index (κ2) is 5.85. The van der Waals surface area contributed by atoms with Crippen LogP contribution in [0, 0.1) is 12.7 Å². The largest absolute Gasteiger partial charge is 0.277 e. The summed E-state index contributed by atoms with van der Waals surface area (Å²) in [5.74, 6) is -0.792. The fourth-order valence-corrected chi connectivity index (χ4v) is 3.43. The molecule has 3 aromatic rings. The highest BCUT2D eigenvalue weighted by atomic mass is 32.2. The molecule has 1 N–H and O–H groups in total. The summed E-state index contributed by atoms with van der Waals surface area (Å²) in [5.41, 5.74) is 1.53. The van der Waals surface area contributed by atoms with Gasteiger partial charge in [-0.25, -0.2) is 17.5 Å². The fourth-order valence-electron chi connectivity index (χ4n) is 2.19. The zero-order valence-electron chi connectivity index (χ0n) is 12.3. The number of para-hydroxylation sites is 2. The SMILES string of the molecule is Cc1ccc(F)c(S(=O)(=O)Nc2ccccc2-n2cccn2)c1. The zero-order valence-corrected chi connectivity index (χ0v) is 13.1. The summed E-state index contributed by atoms with van der Waals surface area (Å²) in [5, 5.41) is 4.09. The molecule has 0 spiro atoms. The van der Waals surface area contributed by atoms with E-state index in [-0.39, 0.29) is 4.90 Å².